The van der Waals surface area contributed by atoms with Crippen molar-refractivity contribution in [1.82, 2.24) is 0 Å². The lowest BCUT2D eigenvalue weighted by Gasteiger charge is -2.11. The summed E-state index contributed by atoms with van der Waals surface area (Å²) in [4.78, 5) is 38.4. The number of nitrogens with zero attached hydrogens (tertiary/aromatic N) is 2. The van der Waals surface area contributed by atoms with Crippen LogP contribution in [0.2, 0.25) is 0 Å². The third-order valence-electron chi connectivity index (χ3n) is 3.03. The molecule has 2 rings (SSSR count). The van der Waals surface area contributed by atoms with E-state index in [1.165, 1.54) is 30.0 Å². The predicted molar refractivity (Wildman–Crippen MR) is 106 cm³/mol. The second-order valence-corrected chi connectivity index (χ2v) is 7.28. The van der Waals surface area contributed by atoms with Crippen LogP contribution >= 0.6 is 23.5 Å². The molecule has 0 aromatic heterocycles. The summed E-state index contributed by atoms with van der Waals surface area (Å²) in [6.07, 6.45) is 3.13. The predicted octanol–water partition coefficient (Wildman–Crippen LogP) is 3.81. The largest absolute Gasteiger partial charge is 0.490 e. The van der Waals surface area contributed by atoms with Gasteiger partial charge in [-0.3, -0.25) is 19.7 Å². The first kappa shape index (κ1) is 20.7. The fraction of sp³-hybridized carbons (Fsp3) is 0.235. The maximum Gasteiger partial charge on any atom is 0.316 e. The van der Waals surface area contributed by atoms with Crippen molar-refractivity contribution >= 4 is 50.7 Å². The van der Waals surface area contributed by atoms with Crippen LogP contribution in [0.15, 0.2) is 35.5 Å². The van der Waals surface area contributed by atoms with E-state index in [0.29, 0.717) is 15.7 Å². The van der Waals surface area contributed by atoms with E-state index in [-0.39, 0.29) is 28.9 Å². The van der Waals surface area contributed by atoms with Crippen molar-refractivity contribution in [2.45, 2.75) is 13.8 Å². The van der Waals surface area contributed by atoms with Gasteiger partial charge in [-0.05, 0) is 36.4 Å². The lowest BCUT2D eigenvalue weighted by molar-refractivity contribution is -0.385. The zero-order valence-corrected chi connectivity index (χ0v) is 16.2. The second-order valence-electron chi connectivity index (χ2n) is 5.05. The Morgan fingerprint density at radius 1 is 1.48 bits per heavy atom. The highest BCUT2D eigenvalue weighted by Gasteiger charge is 2.26. The molecule has 0 saturated heterocycles. The molecule has 0 N–H and O–H groups in total. The molecule has 0 spiro atoms. The summed E-state index contributed by atoms with van der Waals surface area (Å²) in [5.74, 6) is -0.323. The summed E-state index contributed by atoms with van der Waals surface area (Å²) in [6.45, 7) is 6.65. The summed E-state index contributed by atoms with van der Waals surface area (Å²) in [5.41, 5.74) is 0.0682. The quantitative estimate of drug-likeness (QED) is 0.167. The number of rotatable bonds is 7. The molecule has 1 heterocycles. The highest BCUT2D eigenvalue weighted by Crippen LogP contribution is 2.40. The number of hydrogen-bond acceptors (Lipinski definition) is 9. The number of esters is 1. The maximum atomic E-state index is 12.1. The molecule has 10 heteroatoms. The molecular weight excluding hydrogens is 392 g/mol. The first-order valence-electron chi connectivity index (χ1n) is 7.75. The van der Waals surface area contributed by atoms with Crippen LogP contribution in [0.4, 0.5) is 5.69 Å². The molecule has 1 aromatic rings. The minimum atomic E-state index is -0.707. The number of thioether (sulfide) groups is 2. The van der Waals surface area contributed by atoms with Crippen molar-refractivity contribution in [3.63, 3.8) is 0 Å². The van der Waals surface area contributed by atoms with E-state index in [9.17, 15) is 19.7 Å². The van der Waals surface area contributed by atoms with Crippen molar-refractivity contribution in [2.24, 2.45) is 4.99 Å². The van der Waals surface area contributed by atoms with Gasteiger partial charge in [0.25, 0.3) is 0 Å². The van der Waals surface area contributed by atoms with Gasteiger partial charge >= 0.3 is 11.7 Å². The van der Waals surface area contributed by atoms with Crippen LogP contribution in [0, 0.1) is 10.1 Å². The van der Waals surface area contributed by atoms with Gasteiger partial charge in [0.15, 0.2) is 5.75 Å². The van der Waals surface area contributed by atoms with E-state index in [0.717, 1.165) is 18.7 Å². The number of hydrogen-bond donors (Lipinski definition) is 0. The zero-order chi connectivity index (χ0) is 20.0. The summed E-state index contributed by atoms with van der Waals surface area (Å²) in [7, 11) is 0. The highest BCUT2D eigenvalue weighted by molar-refractivity contribution is 8.45. The normalized spacial score (nSPS) is 14.8. The molecule has 0 fully saturated rings. The van der Waals surface area contributed by atoms with Crippen LogP contribution in [0.3, 0.4) is 0 Å². The Balaban J connectivity index is 2.49. The average molecular weight is 408 g/mol. The monoisotopic (exact) mass is 408 g/mol. The van der Waals surface area contributed by atoms with Crippen LogP contribution in [-0.2, 0) is 9.59 Å². The molecule has 0 unspecified atom stereocenters. The molecule has 0 saturated carbocycles. The van der Waals surface area contributed by atoms with Crippen LogP contribution in [0.25, 0.3) is 6.08 Å². The Morgan fingerprint density at radius 2 is 2.22 bits per heavy atom. The number of carbonyl (C=O) groups excluding carboxylic acids is 2. The Morgan fingerprint density at radius 3 is 2.81 bits per heavy atom. The van der Waals surface area contributed by atoms with Crippen molar-refractivity contribution in [3.05, 3.63) is 46.2 Å². The highest BCUT2D eigenvalue weighted by atomic mass is 32.2. The van der Waals surface area contributed by atoms with E-state index in [1.54, 1.807) is 13.0 Å². The Hall–Kier alpha value is -2.59. The van der Waals surface area contributed by atoms with Crippen molar-refractivity contribution in [1.29, 1.82) is 0 Å². The molecule has 142 valence electrons. The number of nitro benzene ring substituents is 1. The zero-order valence-electron chi connectivity index (χ0n) is 14.6. The van der Waals surface area contributed by atoms with Crippen molar-refractivity contribution in [3.8, 4) is 11.5 Å². The Kier molecular flexibility index (Phi) is 7.19. The fourth-order valence-electron chi connectivity index (χ4n) is 2.08. The van der Waals surface area contributed by atoms with Gasteiger partial charge in [0.2, 0.25) is 10.9 Å². The third-order valence-corrected chi connectivity index (χ3v) is 5.03. The van der Waals surface area contributed by atoms with Gasteiger partial charge in [-0.2, -0.15) is 0 Å². The van der Waals surface area contributed by atoms with Crippen LogP contribution < -0.4 is 9.47 Å². The van der Waals surface area contributed by atoms with Crippen LogP contribution in [-0.4, -0.2) is 32.7 Å². The van der Waals surface area contributed by atoms with Crippen LogP contribution in [0.5, 0.6) is 11.5 Å². The van der Waals surface area contributed by atoms with Gasteiger partial charge in [-0.1, -0.05) is 17.8 Å². The lowest BCUT2D eigenvalue weighted by atomic mass is 10.1. The summed E-state index contributed by atoms with van der Waals surface area (Å²) in [6, 6.07) is 2.67. The second kappa shape index (κ2) is 9.38. The number of aliphatic imine (C=N–C) groups is 1. The SMILES string of the molecule is C=CCSC1=N/C(=C/c2cc(OCC)c(OC(C)=O)c([N+](=O)[O-])c2)C(=O)S1. The molecule has 0 amide bonds. The summed E-state index contributed by atoms with van der Waals surface area (Å²) < 4.78 is 10.9. The van der Waals surface area contributed by atoms with E-state index >= 15 is 0 Å². The molecular formula is C17H16N2O6S2. The minimum absolute atomic E-state index is 0.0390. The van der Waals surface area contributed by atoms with Gasteiger partial charge in [0.05, 0.1) is 11.5 Å². The molecule has 1 aliphatic heterocycles. The van der Waals surface area contributed by atoms with Gasteiger partial charge < -0.3 is 9.47 Å². The van der Waals surface area contributed by atoms with Crippen LogP contribution in [0.1, 0.15) is 19.4 Å². The first-order valence-corrected chi connectivity index (χ1v) is 9.55. The first-order chi connectivity index (χ1) is 12.8. The van der Waals surface area contributed by atoms with Gasteiger partial charge in [-0.15, -0.1) is 6.58 Å². The Bertz CT molecular complexity index is 863. The molecule has 0 radical (unpaired) electrons. The maximum absolute atomic E-state index is 12.1. The van der Waals surface area contributed by atoms with Crippen molar-refractivity contribution < 1.29 is 24.0 Å². The van der Waals surface area contributed by atoms with Gasteiger partial charge in [0.1, 0.15) is 10.1 Å². The third kappa shape index (κ3) is 5.44. The number of carbonyl (C=O) groups is 2. The van der Waals surface area contributed by atoms with Crippen molar-refractivity contribution in [2.75, 3.05) is 12.4 Å². The summed E-state index contributed by atoms with van der Waals surface area (Å²) in [5, 5.41) is 11.2. The lowest BCUT2D eigenvalue weighted by Crippen LogP contribution is -2.07. The molecule has 8 nitrogen and oxygen atoms in total. The Labute approximate surface area is 163 Å². The minimum Gasteiger partial charge on any atom is -0.490 e. The number of ether oxygens (including phenoxy) is 2. The van der Waals surface area contributed by atoms with Gasteiger partial charge in [-0.25, -0.2) is 4.99 Å². The number of benzene rings is 1. The van der Waals surface area contributed by atoms with E-state index < -0.39 is 16.6 Å². The van der Waals surface area contributed by atoms with E-state index in [1.807, 2.05) is 0 Å². The molecule has 0 bridgehead atoms. The summed E-state index contributed by atoms with van der Waals surface area (Å²) >= 11 is 2.37. The molecule has 0 atom stereocenters. The fourth-order valence-corrected chi connectivity index (χ4v) is 3.68. The molecule has 1 aromatic carbocycles. The standard InChI is InChI=1S/C17H16N2O6S2/c1-4-6-26-17-18-12(16(21)27-17)7-11-8-13(19(22)23)15(25-10(3)20)14(9-11)24-5-2/h4,7-9H,1,5-6H2,2-3H3/b12-7+. The molecule has 27 heavy (non-hydrogen) atoms. The smallest absolute Gasteiger partial charge is 0.316 e. The van der Waals surface area contributed by atoms with Gasteiger partial charge in [0, 0.05) is 18.7 Å². The molecule has 1 aliphatic rings. The van der Waals surface area contributed by atoms with E-state index in [4.69, 9.17) is 9.47 Å². The topological polar surface area (TPSA) is 108 Å². The molecule has 0 aliphatic carbocycles. The average Bonchev–Trinajstić information content (AvgIpc) is 2.94. The van der Waals surface area contributed by atoms with E-state index in [2.05, 4.69) is 11.6 Å². The number of nitro groups is 1.